The molecule has 0 aromatic carbocycles. The van der Waals surface area contributed by atoms with Crippen LogP contribution in [0.5, 0.6) is 0 Å². The van der Waals surface area contributed by atoms with Gasteiger partial charge in [0.1, 0.15) is 0 Å². The van der Waals surface area contributed by atoms with Crippen molar-refractivity contribution in [2.45, 2.75) is 72.6 Å². The first-order valence-corrected chi connectivity index (χ1v) is 9.99. The molecular formula is C23H34N2. The van der Waals surface area contributed by atoms with Gasteiger partial charge in [-0.3, -0.25) is 9.97 Å². The van der Waals surface area contributed by atoms with Crippen molar-refractivity contribution in [1.82, 2.24) is 9.97 Å². The van der Waals surface area contributed by atoms with Crippen LogP contribution in [0, 0.1) is 11.8 Å². The fraction of sp³-hybridized carbons (Fsp3) is 0.565. The Morgan fingerprint density at radius 3 is 2.24 bits per heavy atom. The highest BCUT2D eigenvalue weighted by Gasteiger charge is 2.24. The summed E-state index contributed by atoms with van der Waals surface area (Å²) in [4.78, 5) is 8.27. The molecule has 0 spiro atoms. The van der Waals surface area contributed by atoms with Crippen LogP contribution >= 0.6 is 0 Å². The number of aryl methyl sites for hydroxylation is 2. The molecule has 0 saturated carbocycles. The summed E-state index contributed by atoms with van der Waals surface area (Å²) in [7, 11) is 0. The van der Waals surface area contributed by atoms with E-state index in [9.17, 15) is 0 Å². The van der Waals surface area contributed by atoms with Gasteiger partial charge >= 0.3 is 0 Å². The van der Waals surface area contributed by atoms with Gasteiger partial charge in [0.15, 0.2) is 0 Å². The lowest BCUT2D eigenvalue weighted by Gasteiger charge is -2.20. The number of nitrogens with zero attached hydrogens (tertiary/aromatic N) is 2. The van der Waals surface area contributed by atoms with Crippen LogP contribution in [-0.4, -0.2) is 9.97 Å². The van der Waals surface area contributed by atoms with Crippen molar-refractivity contribution in [2.24, 2.45) is 11.8 Å². The Bertz CT molecular complexity index is 648. The highest BCUT2D eigenvalue weighted by Crippen LogP contribution is 2.37. The van der Waals surface area contributed by atoms with E-state index < -0.39 is 0 Å². The first-order valence-electron chi connectivity index (χ1n) is 9.99. The predicted molar refractivity (Wildman–Crippen MR) is 107 cm³/mol. The summed E-state index contributed by atoms with van der Waals surface area (Å²) in [6.45, 7) is 10.9. The van der Waals surface area contributed by atoms with E-state index in [-0.39, 0.29) is 0 Å². The van der Waals surface area contributed by atoms with Gasteiger partial charge in [0.2, 0.25) is 0 Å². The molecule has 2 aliphatic rings. The summed E-state index contributed by atoms with van der Waals surface area (Å²) in [5.74, 6) is 2.42. The van der Waals surface area contributed by atoms with Crippen LogP contribution in [0.2, 0.25) is 0 Å². The Morgan fingerprint density at radius 1 is 0.880 bits per heavy atom. The third kappa shape index (κ3) is 5.14. The van der Waals surface area contributed by atoms with Gasteiger partial charge in [0.25, 0.3) is 0 Å². The molecule has 0 N–H and O–H groups in total. The van der Waals surface area contributed by atoms with Crippen molar-refractivity contribution in [2.75, 3.05) is 0 Å². The summed E-state index contributed by atoms with van der Waals surface area (Å²) in [6, 6.07) is 4.35. The second-order valence-electron chi connectivity index (χ2n) is 7.46. The molecular weight excluding hydrogens is 304 g/mol. The van der Waals surface area contributed by atoms with Crippen LogP contribution in [0.1, 0.15) is 75.6 Å². The van der Waals surface area contributed by atoms with Crippen LogP contribution in [0.4, 0.5) is 0 Å². The highest BCUT2D eigenvalue weighted by atomic mass is 14.6. The molecule has 0 fully saturated rings. The van der Waals surface area contributed by atoms with Gasteiger partial charge in [0, 0.05) is 24.8 Å². The second kappa shape index (κ2) is 9.70. The number of rotatable bonds is 1. The van der Waals surface area contributed by atoms with Crippen LogP contribution < -0.4 is 0 Å². The van der Waals surface area contributed by atoms with Gasteiger partial charge in [-0.2, -0.15) is 0 Å². The minimum absolute atomic E-state index is 0.772. The van der Waals surface area contributed by atoms with E-state index in [4.69, 9.17) is 0 Å². The lowest BCUT2D eigenvalue weighted by molar-refractivity contribution is 0.496. The maximum atomic E-state index is 4.15. The Hall–Kier alpha value is -1.70. The molecule has 2 heteroatoms. The Morgan fingerprint density at radius 2 is 1.52 bits per heavy atom. The van der Waals surface area contributed by atoms with E-state index in [0.717, 1.165) is 17.8 Å². The van der Waals surface area contributed by atoms with Crippen LogP contribution in [0.3, 0.4) is 0 Å². The molecule has 2 heterocycles. The summed E-state index contributed by atoms with van der Waals surface area (Å²) < 4.78 is 0. The zero-order chi connectivity index (χ0) is 18.2. The van der Waals surface area contributed by atoms with Crippen molar-refractivity contribution >= 4 is 0 Å². The Kier molecular flexibility index (Phi) is 7.61. The molecule has 0 aliphatic heterocycles. The number of hydrogen-bond donors (Lipinski definition) is 0. The molecule has 2 atom stereocenters. The normalized spacial score (nSPS) is 20.6. The van der Waals surface area contributed by atoms with E-state index in [1.807, 2.05) is 38.6 Å². The number of fused-ring (bicyclic) bond motifs is 2. The van der Waals surface area contributed by atoms with E-state index in [2.05, 4.69) is 42.9 Å². The maximum Gasteiger partial charge on any atom is 0.0302 e. The van der Waals surface area contributed by atoms with E-state index in [1.165, 1.54) is 48.8 Å². The van der Waals surface area contributed by atoms with E-state index in [0.29, 0.717) is 0 Å². The average Bonchev–Trinajstić information content (AvgIpc) is 3.08. The molecule has 0 amide bonds. The smallest absolute Gasteiger partial charge is 0.0302 e. The molecule has 2 unspecified atom stereocenters. The Labute approximate surface area is 154 Å². The molecule has 136 valence electrons. The van der Waals surface area contributed by atoms with Crippen molar-refractivity contribution in [1.29, 1.82) is 0 Å². The van der Waals surface area contributed by atoms with Gasteiger partial charge in [-0.15, -0.1) is 0 Å². The number of aromatic nitrogens is 2. The van der Waals surface area contributed by atoms with Crippen molar-refractivity contribution < 1.29 is 0 Å². The molecule has 2 aromatic rings. The SMILES string of the molecule is CC.CC(C)C1CCc2cnccc21.CC1CCc2cnccc2C1. The predicted octanol–water partition coefficient (Wildman–Crippen LogP) is 6.00. The quantitative estimate of drug-likeness (QED) is 0.637. The first-order chi connectivity index (χ1) is 12.1. The van der Waals surface area contributed by atoms with Crippen LogP contribution in [0.15, 0.2) is 36.9 Å². The van der Waals surface area contributed by atoms with Gasteiger partial charge in [0.05, 0.1) is 0 Å². The maximum absolute atomic E-state index is 4.15. The van der Waals surface area contributed by atoms with Crippen LogP contribution in [0.25, 0.3) is 0 Å². The minimum Gasteiger partial charge on any atom is -0.264 e. The van der Waals surface area contributed by atoms with Gasteiger partial charge in [-0.05, 0) is 84.2 Å². The zero-order valence-corrected chi connectivity index (χ0v) is 16.6. The average molecular weight is 339 g/mol. The lowest BCUT2D eigenvalue weighted by Crippen LogP contribution is -2.10. The van der Waals surface area contributed by atoms with Crippen molar-refractivity contribution in [3.8, 4) is 0 Å². The monoisotopic (exact) mass is 338 g/mol. The largest absolute Gasteiger partial charge is 0.264 e. The fourth-order valence-corrected chi connectivity index (χ4v) is 3.93. The van der Waals surface area contributed by atoms with Gasteiger partial charge in [-0.25, -0.2) is 0 Å². The second-order valence-corrected chi connectivity index (χ2v) is 7.46. The minimum atomic E-state index is 0.772. The number of hydrogen-bond acceptors (Lipinski definition) is 2. The summed E-state index contributed by atoms with van der Waals surface area (Å²) in [5, 5.41) is 0. The summed E-state index contributed by atoms with van der Waals surface area (Å²) >= 11 is 0. The molecule has 2 aromatic heterocycles. The van der Waals surface area contributed by atoms with Gasteiger partial charge in [-0.1, -0.05) is 34.6 Å². The van der Waals surface area contributed by atoms with Gasteiger partial charge < -0.3 is 0 Å². The molecule has 2 aliphatic carbocycles. The molecule has 4 rings (SSSR count). The molecule has 0 saturated heterocycles. The molecule has 2 nitrogen and oxygen atoms in total. The summed E-state index contributed by atoms with van der Waals surface area (Å²) in [5.41, 5.74) is 5.99. The standard InChI is InChI=1S/C11H15N.C10H13N.C2H6/c1-8(2)10-4-3-9-7-12-6-5-11(9)10;1-8-2-3-10-7-11-5-4-9(10)6-8;1-2/h5-8,10H,3-4H2,1-2H3;4-5,7-8H,2-3,6H2,1H3;1-2H3. The topological polar surface area (TPSA) is 25.8 Å². The molecule has 0 radical (unpaired) electrons. The summed E-state index contributed by atoms with van der Waals surface area (Å²) in [6.07, 6.45) is 14.2. The third-order valence-electron chi connectivity index (χ3n) is 5.35. The van der Waals surface area contributed by atoms with E-state index in [1.54, 1.807) is 5.56 Å². The third-order valence-corrected chi connectivity index (χ3v) is 5.35. The van der Waals surface area contributed by atoms with Crippen molar-refractivity contribution in [3.05, 3.63) is 59.2 Å². The molecule has 25 heavy (non-hydrogen) atoms. The van der Waals surface area contributed by atoms with E-state index >= 15 is 0 Å². The highest BCUT2D eigenvalue weighted by molar-refractivity contribution is 5.32. The first kappa shape index (κ1) is 19.6. The zero-order valence-electron chi connectivity index (χ0n) is 16.6. The number of pyridine rings is 2. The molecule has 0 bridgehead atoms. The van der Waals surface area contributed by atoms with Crippen LogP contribution in [-0.2, 0) is 19.3 Å². The lowest BCUT2D eigenvalue weighted by atomic mass is 9.86. The van der Waals surface area contributed by atoms with Crippen molar-refractivity contribution in [3.63, 3.8) is 0 Å². The fourth-order valence-electron chi connectivity index (χ4n) is 3.93. The Balaban J connectivity index is 0.000000165.